The van der Waals surface area contributed by atoms with E-state index in [0.717, 1.165) is 12.0 Å². The molecule has 0 aliphatic rings. The van der Waals surface area contributed by atoms with Crippen LogP contribution < -0.4 is 5.73 Å². The molecule has 0 fully saturated rings. The number of primary amides is 1. The first kappa shape index (κ1) is 11.7. The van der Waals surface area contributed by atoms with Crippen molar-refractivity contribution in [3.63, 3.8) is 0 Å². The van der Waals surface area contributed by atoms with Gasteiger partial charge in [0, 0.05) is 0 Å². The Morgan fingerprint density at radius 1 is 1.06 bits per heavy atom. The Labute approximate surface area is 105 Å². The third-order valence-corrected chi connectivity index (χ3v) is 2.86. The van der Waals surface area contributed by atoms with E-state index in [2.05, 4.69) is 12.1 Å². The van der Waals surface area contributed by atoms with Crippen LogP contribution in [-0.4, -0.2) is 5.91 Å². The fourth-order valence-corrected chi connectivity index (χ4v) is 2.00. The SMILES string of the molecule is NC(=O)c1ccc(Cc2ccccc2)cc1Cl. The van der Waals surface area contributed by atoms with Crippen LogP contribution in [0.4, 0.5) is 0 Å². The zero-order chi connectivity index (χ0) is 12.3. The standard InChI is InChI=1S/C14H12ClNO/c15-13-9-11(6-7-12(13)14(16)17)8-10-4-2-1-3-5-10/h1-7,9H,8H2,(H2,16,17). The van der Waals surface area contributed by atoms with Gasteiger partial charge in [-0.1, -0.05) is 48.0 Å². The molecule has 0 spiro atoms. The number of halogens is 1. The van der Waals surface area contributed by atoms with Crippen molar-refractivity contribution in [2.45, 2.75) is 6.42 Å². The van der Waals surface area contributed by atoms with Gasteiger partial charge in [0.2, 0.25) is 5.91 Å². The smallest absolute Gasteiger partial charge is 0.250 e. The van der Waals surface area contributed by atoms with Crippen LogP contribution in [0.3, 0.4) is 0 Å². The molecule has 0 heterocycles. The molecule has 86 valence electrons. The molecule has 0 aromatic heterocycles. The highest BCUT2D eigenvalue weighted by atomic mass is 35.5. The number of hydrogen-bond acceptors (Lipinski definition) is 1. The fraction of sp³-hybridized carbons (Fsp3) is 0.0714. The minimum atomic E-state index is -0.499. The predicted octanol–water partition coefficient (Wildman–Crippen LogP) is 3.03. The van der Waals surface area contributed by atoms with Gasteiger partial charge in [0.05, 0.1) is 10.6 Å². The summed E-state index contributed by atoms with van der Waals surface area (Å²) in [6.45, 7) is 0. The van der Waals surface area contributed by atoms with E-state index in [1.807, 2.05) is 24.3 Å². The molecule has 0 unspecified atom stereocenters. The van der Waals surface area contributed by atoms with Gasteiger partial charge in [-0.3, -0.25) is 4.79 Å². The topological polar surface area (TPSA) is 43.1 Å². The molecular weight excluding hydrogens is 234 g/mol. The Morgan fingerprint density at radius 2 is 1.76 bits per heavy atom. The lowest BCUT2D eigenvalue weighted by Crippen LogP contribution is -2.11. The van der Waals surface area contributed by atoms with Gasteiger partial charge in [0.1, 0.15) is 0 Å². The first-order valence-electron chi connectivity index (χ1n) is 5.29. The first-order chi connectivity index (χ1) is 8.16. The summed E-state index contributed by atoms with van der Waals surface area (Å²) >= 11 is 5.99. The molecule has 0 bridgehead atoms. The van der Waals surface area contributed by atoms with Gasteiger partial charge < -0.3 is 5.73 Å². The lowest BCUT2D eigenvalue weighted by molar-refractivity contribution is 0.100. The number of rotatable bonds is 3. The van der Waals surface area contributed by atoms with E-state index >= 15 is 0 Å². The molecule has 0 saturated carbocycles. The molecule has 0 aliphatic heterocycles. The second-order valence-electron chi connectivity index (χ2n) is 3.84. The minimum Gasteiger partial charge on any atom is -0.366 e. The van der Waals surface area contributed by atoms with E-state index in [1.165, 1.54) is 5.56 Å². The summed E-state index contributed by atoms with van der Waals surface area (Å²) in [5.74, 6) is -0.499. The summed E-state index contributed by atoms with van der Waals surface area (Å²) in [6.07, 6.45) is 0.791. The highest BCUT2D eigenvalue weighted by Gasteiger charge is 2.07. The average molecular weight is 246 g/mol. The first-order valence-corrected chi connectivity index (χ1v) is 5.67. The van der Waals surface area contributed by atoms with Gasteiger partial charge in [-0.25, -0.2) is 0 Å². The van der Waals surface area contributed by atoms with Gasteiger partial charge in [0.25, 0.3) is 0 Å². The zero-order valence-electron chi connectivity index (χ0n) is 9.19. The van der Waals surface area contributed by atoms with Crippen LogP contribution in [0.5, 0.6) is 0 Å². The largest absolute Gasteiger partial charge is 0.366 e. The predicted molar refractivity (Wildman–Crippen MR) is 69.2 cm³/mol. The maximum Gasteiger partial charge on any atom is 0.250 e. The summed E-state index contributed by atoms with van der Waals surface area (Å²) in [5, 5.41) is 0.408. The van der Waals surface area contributed by atoms with Crippen molar-refractivity contribution in [2.24, 2.45) is 5.73 Å². The van der Waals surface area contributed by atoms with Crippen molar-refractivity contribution in [1.29, 1.82) is 0 Å². The van der Waals surface area contributed by atoms with Crippen LogP contribution in [0.2, 0.25) is 5.02 Å². The van der Waals surface area contributed by atoms with Gasteiger partial charge in [0.15, 0.2) is 0 Å². The monoisotopic (exact) mass is 245 g/mol. The van der Waals surface area contributed by atoms with Gasteiger partial charge in [-0.05, 0) is 29.7 Å². The second kappa shape index (κ2) is 5.02. The molecule has 2 aromatic rings. The summed E-state index contributed by atoms with van der Waals surface area (Å²) < 4.78 is 0. The Bertz CT molecular complexity index is 537. The summed E-state index contributed by atoms with van der Waals surface area (Å²) in [4.78, 5) is 11.0. The molecule has 0 saturated heterocycles. The van der Waals surface area contributed by atoms with Crippen molar-refractivity contribution in [2.75, 3.05) is 0 Å². The quantitative estimate of drug-likeness (QED) is 0.888. The zero-order valence-corrected chi connectivity index (χ0v) is 9.95. The molecule has 0 aliphatic carbocycles. The fourth-order valence-electron chi connectivity index (χ4n) is 1.70. The summed E-state index contributed by atoms with van der Waals surface area (Å²) in [6, 6.07) is 15.4. The molecular formula is C14H12ClNO. The van der Waals surface area contributed by atoms with Crippen molar-refractivity contribution in [1.82, 2.24) is 0 Å². The number of carbonyl (C=O) groups is 1. The molecule has 2 N–H and O–H groups in total. The molecule has 0 radical (unpaired) electrons. The minimum absolute atomic E-state index is 0.364. The van der Waals surface area contributed by atoms with Crippen LogP contribution in [0.25, 0.3) is 0 Å². The van der Waals surface area contributed by atoms with Crippen LogP contribution in [0.1, 0.15) is 21.5 Å². The third kappa shape index (κ3) is 2.86. The number of hydrogen-bond donors (Lipinski definition) is 1. The summed E-state index contributed by atoms with van der Waals surface area (Å²) in [5.41, 5.74) is 7.82. The molecule has 0 atom stereocenters. The van der Waals surface area contributed by atoms with Gasteiger partial charge in [-0.2, -0.15) is 0 Å². The van der Waals surface area contributed by atoms with E-state index in [9.17, 15) is 4.79 Å². The van der Waals surface area contributed by atoms with E-state index in [4.69, 9.17) is 17.3 Å². The van der Waals surface area contributed by atoms with E-state index < -0.39 is 5.91 Å². The average Bonchev–Trinajstić information content (AvgIpc) is 2.30. The van der Waals surface area contributed by atoms with Crippen molar-refractivity contribution < 1.29 is 4.79 Å². The second-order valence-corrected chi connectivity index (χ2v) is 4.25. The van der Waals surface area contributed by atoms with Crippen LogP contribution in [0.15, 0.2) is 48.5 Å². The Hall–Kier alpha value is -1.80. The molecule has 2 rings (SSSR count). The normalized spacial score (nSPS) is 10.2. The van der Waals surface area contributed by atoms with Crippen LogP contribution in [0, 0.1) is 0 Å². The number of nitrogens with two attached hydrogens (primary N) is 1. The van der Waals surface area contributed by atoms with E-state index in [-0.39, 0.29) is 0 Å². The molecule has 17 heavy (non-hydrogen) atoms. The molecule has 2 nitrogen and oxygen atoms in total. The maximum atomic E-state index is 11.0. The Kier molecular flexibility index (Phi) is 3.45. The highest BCUT2D eigenvalue weighted by molar-refractivity contribution is 6.33. The van der Waals surface area contributed by atoms with Gasteiger partial charge >= 0.3 is 0 Å². The number of carbonyl (C=O) groups excluding carboxylic acids is 1. The molecule has 1 amide bonds. The molecule has 2 aromatic carbocycles. The third-order valence-electron chi connectivity index (χ3n) is 2.55. The maximum absolute atomic E-state index is 11.0. The van der Waals surface area contributed by atoms with Crippen molar-refractivity contribution in [3.8, 4) is 0 Å². The summed E-state index contributed by atoms with van der Waals surface area (Å²) in [7, 11) is 0. The Morgan fingerprint density at radius 3 is 2.35 bits per heavy atom. The van der Waals surface area contributed by atoms with Crippen molar-refractivity contribution in [3.05, 3.63) is 70.2 Å². The lowest BCUT2D eigenvalue weighted by atomic mass is 10.0. The highest BCUT2D eigenvalue weighted by Crippen LogP contribution is 2.19. The van der Waals surface area contributed by atoms with E-state index in [0.29, 0.717) is 10.6 Å². The van der Waals surface area contributed by atoms with Crippen molar-refractivity contribution >= 4 is 17.5 Å². The Balaban J connectivity index is 2.24. The van der Waals surface area contributed by atoms with E-state index in [1.54, 1.807) is 12.1 Å². The van der Waals surface area contributed by atoms with Crippen LogP contribution >= 0.6 is 11.6 Å². The number of amides is 1. The van der Waals surface area contributed by atoms with Crippen LogP contribution in [-0.2, 0) is 6.42 Å². The molecule has 3 heteroatoms. The number of benzene rings is 2. The lowest BCUT2D eigenvalue weighted by Gasteiger charge is -2.05. The van der Waals surface area contributed by atoms with Gasteiger partial charge in [-0.15, -0.1) is 0 Å².